The average molecular weight is 634 g/mol. The second-order valence-electron chi connectivity index (χ2n) is 10.6. The second-order valence-corrected chi connectivity index (χ2v) is 10.6. The lowest BCUT2D eigenvalue weighted by molar-refractivity contribution is -0.143. The predicted octanol–water partition coefficient (Wildman–Crippen LogP) is 7.73. The van der Waals surface area contributed by atoms with E-state index in [9.17, 15) is 35.9 Å². The van der Waals surface area contributed by atoms with Crippen molar-refractivity contribution in [2.45, 2.75) is 45.1 Å². The molecule has 0 radical (unpaired) electrons. The van der Waals surface area contributed by atoms with E-state index in [1.54, 1.807) is 24.3 Å². The average Bonchev–Trinajstić information content (AvgIpc) is 3.43. The first-order valence-electron chi connectivity index (χ1n) is 14.3. The summed E-state index contributed by atoms with van der Waals surface area (Å²) >= 11 is 0. The number of halogens is 6. The molecule has 0 atom stereocenters. The van der Waals surface area contributed by atoms with Gasteiger partial charge in [0.1, 0.15) is 12.3 Å². The molecule has 3 aromatic carbocycles. The molecule has 6 nitrogen and oxygen atoms in total. The number of aromatic amines is 1. The highest BCUT2D eigenvalue weighted by atomic mass is 19.4. The molecule has 240 valence electrons. The molecule has 1 heterocycles. The highest BCUT2D eigenvalue weighted by Gasteiger charge is 2.38. The first-order valence-corrected chi connectivity index (χ1v) is 14.3. The predicted molar refractivity (Wildman–Crippen MR) is 158 cm³/mol. The summed E-state index contributed by atoms with van der Waals surface area (Å²) in [4.78, 5) is 33.0. The van der Waals surface area contributed by atoms with E-state index in [0.717, 1.165) is 26.9 Å². The van der Waals surface area contributed by atoms with Gasteiger partial charge in [0, 0.05) is 42.3 Å². The highest BCUT2D eigenvalue weighted by molar-refractivity contribution is 5.97. The molecule has 2 amide bonds. The number of nitrogens with zero attached hydrogens (tertiary/aromatic N) is 2. The van der Waals surface area contributed by atoms with Crippen LogP contribution in [0.5, 0.6) is 5.75 Å². The van der Waals surface area contributed by atoms with Crippen molar-refractivity contribution in [2.75, 3.05) is 26.7 Å². The summed E-state index contributed by atoms with van der Waals surface area (Å²) in [6, 6.07) is 15.5. The minimum absolute atomic E-state index is 0.0282. The molecule has 1 N–H and O–H groups in total. The zero-order valence-electron chi connectivity index (χ0n) is 24.8. The van der Waals surface area contributed by atoms with Crippen LogP contribution in [0.4, 0.5) is 26.3 Å². The number of amides is 2. The Bertz CT molecular complexity index is 1580. The van der Waals surface area contributed by atoms with Crippen LogP contribution in [0.1, 0.15) is 52.4 Å². The molecule has 0 bridgehead atoms. The molecule has 4 rings (SSSR count). The summed E-state index contributed by atoms with van der Waals surface area (Å²) in [5.41, 5.74) is -1.33. The summed E-state index contributed by atoms with van der Waals surface area (Å²) in [5, 5.41) is 0.985. The molecule has 0 saturated carbocycles. The van der Waals surface area contributed by atoms with Crippen molar-refractivity contribution >= 4 is 22.7 Å². The summed E-state index contributed by atoms with van der Waals surface area (Å²) < 4.78 is 86.3. The van der Waals surface area contributed by atoms with Gasteiger partial charge in [-0.1, -0.05) is 43.7 Å². The van der Waals surface area contributed by atoms with Gasteiger partial charge < -0.3 is 19.5 Å². The number of rotatable bonds is 12. The first kappa shape index (κ1) is 33.4. The molecule has 45 heavy (non-hydrogen) atoms. The number of alkyl halides is 6. The van der Waals surface area contributed by atoms with Crippen LogP contribution in [-0.4, -0.2) is 53.3 Å². The van der Waals surface area contributed by atoms with Crippen molar-refractivity contribution < 1.29 is 40.7 Å². The van der Waals surface area contributed by atoms with Crippen molar-refractivity contribution in [3.05, 3.63) is 101 Å². The van der Waals surface area contributed by atoms with E-state index in [2.05, 4.69) is 4.98 Å². The topological polar surface area (TPSA) is 65.6 Å². The van der Waals surface area contributed by atoms with E-state index >= 15 is 0 Å². The van der Waals surface area contributed by atoms with E-state index in [1.807, 2.05) is 37.4 Å². The Morgan fingerprint density at radius 2 is 1.49 bits per heavy atom. The third-order valence-electron chi connectivity index (χ3n) is 7.44. The van der Waals surface area contributed by atoms with E-state index in [4.69, 9.17) is 4.74 Å². The van der Waals surface area contributed by atoms with Crippen LogP contribution in [-0.2, 0) is 30.1 Å². The summed E-state index contributed by atoms with van der Waals surface area (Å²) in [6.45, 7) is 1.65. The molecule has 0 fully saturated rings. The zero-order valence-corrected chi connectivity index (χ0v) is 24.8. The van der Waals surface area contributed by atoms with Gasteiger partial charge in [0.15, 0.2) is 0 Å². The fourth-order valence-electron chi connectivity index (χ4n) is 4.96. The molecule has 0 aliphatic carbocycles. The molecule has 0 unspecified atom stereocenters. The Kier molecular flexibility index (Phi) is 10.5. The normalized spacial score (nSPS) is 11.9. The van der Waals surface area contributed by atoms with Gasteiger partial charge in [0.2, 0.25) is 5.91 Å². The number of fused-ring (bicyclic) bond motifs is 1. The molecule has 0 saturated heterocycles. The van der Waals surface area contributed by atoms with Crippen molar-refractivity contribution in [2.24, 2.45) is 0 Å². The maximum Gasteiger partial charge on any atom is 0.416 e. The van der Waals surface area contributed by atoms with Gasteiger partial charge >= 0.3 is 12.4 Å². The molecule has 0 spiro atoms. The smallest absolute Gasteiger partial charge is 0.416 e. The molecule has 0 aliphatic heterocycles. The number of carbonyl (C=O) groups excluding carboxylic acids is 2. The summed E-state index contributed by atoms with van der Waals surface area (Å²) in [6.07, 6.45) is -6.96. The highest BCUT2D eigenvalue weighted by Crippen LogP contribution is 2.36. The van der Waals surface area contributed by atoms with Crippen molar-refractivity contribution in [1.82, 2.24) is 14.8 Å². The minimum Gasteiger partial charge on any atom is -0.497 e. The van der Waals surface area contributed by atoms with Crippen LogP contribution >= 0.6 is 0 Å². The molecule has 12 heteroatoms. The van der Waals surface area contributed by atoms with Gasteiger partial charge in [-0.05, 0) is 60.4 Å². The number of aromatic nitrogens is 1. The minimum atomic E-state index is -5.11. The number of H-pyrrole nitrogens is 1. The molecule has 1 aromatic heterocycles. The number of unbranched alkanes of at least 4 members (excludes halogenated alkanes) is 1. The lowest BCUT2D eigenvalue weighted by Crippen LogP contribution is -2.44. The number of benzene rings is 3. The Hall–Kier alpha value is -4.48. The van der Waals surface area contributed by atoms with Gasteiger partial charge in [-0.15, -0.1) is 0 Å². The standard InChI is InChI=1S/C33H33F6N3O3/c1-3-4-14-42(31(44)24-16-25(32(34,35)36)18-26(17-24)33(37,38)39)21-30(43)41(20-22-9-11-27(45-2)12-10-22)15-13-23-19-40-29-8-6-5-7-28(23)29/h5-12,16-19,40H,3-4,13-15,20-21H2,1-2H3. The van der Waals surface area contributed by atoms with Gasteiger partial charge in [-0.25, -0.2) is 0 Å². The Morgan fingerprint density at radius 1 is 0.844 bits per heavy atom. The number of hydrogen-bond acceptors (Lipinski definition) is 3. The lowest BCUT2D eigenvalue weighted by atomic mass is 10.0. The van der Waals surface area contributed by atoms with Gasteiger partial charge in [0.25, 0.3) is 5.91 Å². The zero-order chi connectivity index (χ0) is 32.8. The quantitative estimate of drug-likeness (QED) is 0.163. The maximum absolute atomic E-state index is 13.8. The van der Waals surface area contributed by atoms with Crippen LogP contribution in [0.2, 0.25) is 0 Å². The fraction of sp³-hybridized carbons (Fsp3) is 0.333. The molecular formula is C33H33F6N3O3. The van der Waals surface area contributed by atoms with Crippen molar-refractivity contribution in [3.63, 3.8) is 0 Å². The second kappa shape index (κ2) is 14.1. The fourth-order valence-corrected chi connectivity index (χ4v) is 4.96. The summed E-state index contributed by atoms with van der Waals surface area (Å²) in [7, 11) is 1.52. The van der Waals surface area contributed by atoms with Crippen molar-refractivity contribution in [1.29, 1.82) is 0 Å². The number of ether oxygens (including phenoxy) is 1. The van der Waals surface area contributed by atoms with E-state index in [0.29, 0.717) is 37.1 Å². The Morgan fingerprint density at radius 3 is 2.09 bits per heavy atom. The van der Waals surface area contributed by atoms with Crippen LogP contribution < -0.4 is 4.74 Å². The third-order valence-corrected chi connectivity index (χ3v) is 7.44. The number of carbonyl (C=O) groups is 2. The Balaban J connectivity index is 1.63. The maximum atomic E-state index is 13.8. The number of nitrogens with one attached hydrogen (secondary N) is 1. The van der Waals surface area contributed by atoms with E-state index in [1.165, 1.54) is 12.0 Å². The monoisotopic (exact) mass is 633 g/mol. The van der Waals surface area contributed by atoms with Crippen LogP contribution in [0, 0.1) is 0 Å². The molecular weight excluding hydrogens is 600 g/mol. The van der Waals surface area contributed by atoms with Gasteiger partial charge in [-0.3, -0.25) is 9.59 Å². The van der Waals surface area contributed by atoms with Crippen molar-refractivity contribution in [3.8, 4) is 5.75 Å². The number of para-hydroxylation sites is 1. The largest absolute Gasteiger partial charge is 0.497 e. The molecule has 4 aromatic rings. The first-order chi connectivity index (χ1) is 21.3. The molecule has 0 aliphatic rings. The lowest BCUT2D eigenvalue weighted by Gasteiger charge is -2.28. The van der Waals surface area contributed by atoms with Crippen LogP contribution in [0.3, 0.4) is 0 Å². The van der Waals surface area contributed by atoms with Gasteiger partial charge in [0.05, 0.1) is 18.2 Å². The number of methoxy groups -OCH3 is 1. The van der Waals surface area contributed by atoms with Crippen LogP contribution in [0.25, 0.3) is 10.9 Å². The summed E-state index contributed by atoms with van der Waals surface area (Å²) in [5.74, 6) is -0.973. The third kappa shape index (κ3) is 8.58. The van der Waals surface area contributed by atoms with Gasteiger partial charge in [-0.2, -0.15) is 26.3 Å². The van der Waals surface area contributed by atoms with E-state index in [-0.39, 0.29) is 25.7 Å². The Labute approximate surface area is 256 Å². The van der Waals surface area contributed by atoms with E-state index < -0.39 is 47.4 Å². The number of hydrogen-bond donors (Lipinski definition) is 1. The van der Waals surface area contributed by atoms with Crippen LogP contribution in [0.15, 0.2) is 72.9 Å². The SMILES string of the molecule is CCCCN(CC(=O)N(CCc1c[nH]c2ccccc12)Cc1ccc(OC)cc1)C(=O)c1cc(C(F)(F)F)cc(C(F)(F)F)c1.